The van der Waals surface area contributed by atoms with Crippen LogP contribution in [-0.4, -0.2) is 14.2 Å². The number of nitrogens with zero attached hydrogens (tertiary/aromatic N) is 1. The summed E-state index contributed by atoms with van der Waals surface area (Å²) in [5.41, 5.74) is 6.17. The number of hydrogen-bond donors (Lipinski definition) is 1. The van der Waals surface area contributed by atoms with Crippen LogP contribution in [0, 0.1) is 17.5 Å². The third kappa shape index (κ3) is 3.04. The number of rotatable bonds is 4. The maximum Gasteiger partial charge on any atom is 0.185 e. The summed E-state index contributed by atoms with van der Waals surface area (Å²) in [7, 11) is 2.96. The molecule has 0 amide bonds. The Kier molecular flexibility index (Phi) is 4.26. The molecule has 0 atom stereocenters. The van der Waals surface area contributed by atoms with E-state index < -0.39 is 17.5 Å². The molecule has 2 aromatic rings. The Balaban J connectivity index is 2.33. The molecule has 0 saturated carbocycles. The van der Waals surface area contributed by atoms with Crippen LogP contribution in [0.2, 0.25) is 0 Å². The van der Waals surface area contributed by atoms with Gasteiger partial charge in [0.05, 0.1) is 12.8 Å². The zero-order chi connectivity index (χ0) is 15.6. The lowest BCUT2D eigenvalue weighted by Gasteiger charge is -2.22. The van der Waals surface area contributed by atoms with E-state index in [0.717, 1.165) is 6.07 Å². The maximum atomic E-state index is 14.0. The Hall–Kier alpha value is -2.37. The fraction of sp³-hybridized carbons (Fsp3) is 0.200. The van der Waals surface area contributed by atoms with Crippen molar-refractivity contribution in [2.45, 2.75) is 6.54 Å². The number of anilines is 2. The van der Waals surface area contributed by atoms with E-state index in [1.54, 1.807) is 7.05 Å². The van der Waals surface area contributed by atoms with Crippen LogP contribution >= 0.6 is 0 Å². The summed E-state index contributed by atoms with van der Waals surface area (Å²) in [6, 6.07) is 6.57. The van der Waals surface area contributed by atoms with Gasteiger partial charge in [0.1, 0.15) is 17.3 Å². The molecule has 2 aromatic carbocycles. The van der Waals surface area contributed by atoms with Gasteiger partial charge in [0.2, 0.25) is 0 Å². The van der Waals surface area contributed by atoms with Crippen LogP contribution in [0.15, 0.2) is 30.3 Å². The molecule has 0 heterocycles. The highest BCUT2D eigenvalue weighted by Crippen LogP contribution is 2.33. The molecule has 0 spiro atoms. The molecule has 0 unspecified atom stereocenters. The van der Waals surface area contributed by atoms with E-state index >= 15 is 0 Å². The average Bonchev–Trinajstić information content (AvgIpc) is 2.45. The van der Waals surface area contributed by atoms with Gasteiger partial charge < -0.3 is 15.4 Å². The smallest absolute Gasteiger partial charge is 0.185 e. The zero-order valence-electron chi connectivity index (χ0n) is 11.7. The van der Waals surface area contributed by atoms with E-state index in [4.69, 9.17) is 10.5 Å². The molecule has 0 fully saturated rings. The minimum atomic E-state index is -0.994. The molecule has 0 aliphatic carbocycles. The fourth-order valence-corrected chi connectivity index (χ4v) is 2.09. The summed E-state index contributed by atoms with van der Waals surface area (Å²) in [6.07, 6.45) is 0. The second-order valence-electron chi connectivity index (χ2n) is 4.62. The summed E-state index contributed by atoms with van der Waals surface area (Å²) in [4.78, 5) is 1.48. The van der Waals surface area contributed by atoms with Gasteiger partial charge in [-0.05, 0) is 29.8 Å². The van der Waals surface area contributed by atoms with Crippen molar-refractivity contribution in [1.82, 2.24) is 0 Å². The SMILES string of the molecule is COc1ccc(F)c(F)c1N(C)Cc1ccc(F)c(N)c1. The molecule has 2 rings (SSSR count). The second-order valence-corrected chi connectivity index (χ2v) is 4.62. The van der Waals surface area contributed by atoms with Crippen molar-refractivity contribution in [3.63, 3.8) is 0 Å². The van der Waals surface area contributed by atoms with E-state index in [1.165, 1.54) is 36.3 Å². The van der Waals surface area contributed by atoms with E-state index in [0.29, 0.717) is 5.56 Å². The molecule has 3 nitrogen and oxygen atoms in total. The van der Waals surface area contributed by atoms with Gasteiger partial charge in [0, 0.05) is 13.6 Å². The van der Waals surface area contributed by atoms with E-state index in [9.17, 15) is 13.2 Å². The summed E-state index contributed by atoms with van der Waals surface area (Å²) in [5.74, 6) is -2.26. The van der Waals surface area contributed by atoms with Gasteiger partial charge in [-0.3, -0.25) is 0 Å². The van der Waals surface area contributed by atoms with Crippen molar-refractivity contribution in [3.8, 4) is 5.75 Å². The van der Waals surface area contributed by atoms with E-state index in [1.807, 2.05) is 0 Å². The summed E-state index contributed by atoms with van der Waals surface area (Å²) < 4.78 is 45.5. The fourth-order valence-electron chi connectivity index (χ4n) is 2.09. The number of halogens is 3. The third-order valence-corrected chi connectivity index (χ3v) is 3.11. The second kappa shape index (κ2) is 5.95. The van der Waals surface area contributed by atoms with Crippen LogP contribution in [0.5, 0.6) is 5.75 Å². The number of hydrogen-bond acceptors (Lipinski definition) is 3. The van der Waals surface area contributed by atoms with Crippen molar-refractivity contribution < 1.29 is 17.9 Å². The molecule has 6 heteroatoms. The first kappa shape index (κ1) is 15.0. The van der Waals surface area contributed by atoms with Crippen LogP contribution in [0.25, 0.3) is 0 Å². The van der Waals surface area contributed by atoms with Gasteiger partial charge in [-0.15, -0.1) is 0 Å². The summed E-state index contributed by atoms with van der Waals surface area (Å²) in [6.45, 7) is 0.223. The molecule has 0 aromatic heterocycles. The molecule has 0 aliphatic rings. The highest BCUT2D eigenvalue weighted by molar-refractivity contribution is 5.60. The van der Waals surface area contributed by atoms with Crippen LogP contribution in [0.1, 0.15) is 5.56 Å². The number of nitrogen functional groups attached to an aromatic ring is 1. The Bertz CT molecular complexity index is 662. The highest BCUT2D eigenvalue weighted by atomic mass is 19.2. The Morgan fingerprint density at radius 2 is 1.76 bits per heavy atom. The van der Waals surface area contributed by atoms with Gasteiger partial charge in [-0.1, -0.05) is 6.07 Å². The molecule has 2 N–H and O–H groups in total. The largest absolute Gasteiger partial charge is 0.494 e. The zero-order valence-corrected chi connectivity index (χ0v) is 11.7. The van der Waals surface area contributed by atoms with Crippen LogP contribution in [0.4, 0.5) is 24.5 Å². The predicted molar refractivity (Wildman–Crippen MR) is 75.8 cm³/mol. The van der Waals surface area contributed by atoms with Gasteiger partial charge in [-0.2, -0.15) is 0 Å². The quantitative estimate of drug-likeness (QED) is 0.880. The summed E-state index contributed by atoms with van der Waals surface area (Å²) >= 11 is 0. The summed E-state index contributed by atoms with van der Waals surface area (Å²) in [5, 5.41) is 0. The standard InChI is InChI=1S/C15H15F3N2O/c1-20(8-9-3-4-10(16)12(19)7-9)15-13(21-2)6-5-11(17)14(15)18/h3-7H,8,19H2,1-2H3. The first-order valence-electron chi connectivity index (χ1n) is 6.21. The topological polar surface area (TPSA) is 38.5 Å². The molecule has 0 radical (unpaired) electrons. The molecule has 0 aliphatic heterocycles. The number of ether oxygens (including phenoxy) is 1. The van der Waals surface area contributed by atoms with E-state index in [2.05, 4.69) is 0 Å². The lowest BCUT2D eigenvalue weighted by molar-refractivity contribution is 0.406. The highest BCUT2D eigenvalue weighted by Gasteiger charge is 2.18. The Morgan fingerprint density at radius 3 is 2.38 bits per heavy atom. The minimum absolute atomic E-state index is 0.000367. The number of benzene rings is 2. The van der Waals surface area contributed by atoms with Gasteiger partial charge >= 0.3 is 0 Å². The lowest BCUT2D eigenvalue weighted by Crippen LogP contribution is -2.19. The molecule has 21 heavy (non-hydrogen) atoms. The van der Waals surface area contributed by atoms with E-state index in [-0.39, 0.29) is 23.7 Å². The number of methoxy groups -OCH3 is 1. The predicted octanol–water partition coefficient (Wildman–Crippen LogP) is 3.33. The maximum absolute atomic E-state index is 14.0. The van der Waals surface area contributed by atoms with Gasteiger partial charge in [0.25, 0.3) is 0 Å². The van der Waals surface area contributed by atoms with Crippen LogP contribution in [0.3, 0.4) is 0 Å². The first-order valence-corrected chi connectivity index (χ1v) is 6.21. The minimum Gasteiger partial charge on any atom is -0.494 e. The van der Waals surface area contributed by atoms with Crippen molar-refractivity contribution >= 4 is 11.4 Å². The molecule has 0 bridgehead atoms. The average molecular weight is 296 g/mol. The molecular weight excluding hydrogens is 281 g/mol. The van der Waals surface area contributed by atoms with Crippen molar-refractivity contribution in [3.05, 3.63) is 53.3 Å². The molecular formula is C15H15F3N2O. The van der Waals surface area contributed by atoms with Crippen molar-refractivity contribution in [2.24, 2.45) is 0 Å². The van der Waals surface area contributed by atoms with Crippen LogP contribution in [-0.2, 0) is 6.54 Å². The van der Waals surface area contributed by atoms with Crippen molar-refractivity contribution in [1.29, 1.82) is 0 Å². The lowest BCUT2D eigenvalue weighted by atomic mass is 10.1. The van der Waals surface area contributed by atoms with Gasteiger partial charge in [0.15, 0.2) is 11.6 Å². The first-order chi connectivity index (χ1) is 9.93. The Labute approximate surface area is 120 Å². The van der Waals surface area contributed by atoms with Gasteiger partial charge in [-0.25, -0.2) is 13.2 Å². The Morgan fingerprint density at radius 1 is 1.10 bits per heavy atom. The van der Waals surface area contributed by atoms with Crippen LogP contribution < -0.4 is 15.4 Å². The molecule has 112 valence electrons. The normalized spacial score (nSPS) is 10.5. The number of nitrogens with two attached hydrogens (primary N) is 1. The van der Waals surface area contributed by atoms with Crippen molar-refractivity contribution in [2.75, 3.05) is 24.8 Å². The molecule has 0 saturated heterocycles. The third-order valence-electron chi connectivity index (χ3n) is 3.11. The monoisotopic (exact) mass is 296 g/mol.